The van der Waals surface area contributed by atoms with Crippen LogP contribution in [0.25, 0.3) is 21.8 Å². The molecule has 3 aromatic carbocycles. The number of aromatic nitrogens is 2. The fourth-order valence-corrected chi connectivity index (χ4v) is 8.36. The van der Waals surface area contributed by atoms with Crippen molar-refractivity contribution in [1.82, 2.24) is 30.0 Å². The lowest BCUT2D eigenvalue weighted by Gasteiger charge is -2.36. The van der Waals surface area contributed by atoms with Crippen LogP contribution in [0.4, 0.5) is 13.6 Å². The second-order valence-electron chi connectivity index (χ2n) is 19.8. The molecule has 2 aliphatic rings. The molecule has 0 unspecified atom stereocenters. The molecule has 16 nitrogen and oxygen atoms in total. The minimum atomic E-state index is -1.07. The number of nitrogens with one attached hydrogen (secondary N) is 3. The SMILES string of the molecule is CC(C)(C)[C@H](N)C(=O)N1C[C@@H](O)C[C@H]1C(=O)c1c[nH]c2cc(F)ccc12.C[C@@H](C(=O)N[C@H](C(=O)N1C[C@@H](O)C[C@H]1C(=O)c1c[nH]c2cc(F)ccc12)C(C)(C)C)N(C)C(=O)OCc1ccccc1. The van der Waals surface area contributed by atoms with Crippen LogP contribution in [-0.2, 0) is 25.7 Å². The van der Waals surface area contributed by atoms with Crippen molar-refractivity contribution in [3.63, 3.8) is 0 Å². The maximum absolute atomic E-state index is 13.9. The van der Waals surface area contributed by atoms with Gasteiger partial charge in [0.2, 0.25) is 17.7 Å². The molecule has 0 saturated carbocycles. The van der Waals surface area contributed by atoms with Gasteiger partial charge in [-0.2, -0.15) is 0 Å². The molecular weight excluding hydrogens is 881 g/mol. The number of aliphatic hydroxyl groups is 2. The third-order valence-corrected chi connectivity index (χ3v) is 12.6. The number of aliphatic hydroxyl groups excluding tert-OH is 2. The van der Waals surface area contributed by atoms with E-state index in [1.54, 1.807) is 20.8 Å². The van der Waals surface area contributed by atoms with Crippen molar-refractivity contribution in [2.75, 3.05) is 20.1 Å². The van der Waals surface area contributed by atoms with E-state index in [0.29, 0.717) is 27.4 Å². The number of amides is 4. The molecule has 4 amide bonds. The number of nitrogens with zero attached hydrogens (tertiary/aromatic N) is 3. The van der Waals surface area contributed by atoms with Crippen LogP contribution in [0.3, 0.4) is 0 Å². The van der Waals surface area contributed by atoms with Crippen molar-refractivity contribution >= 4 is 57.2 Å². The highest BCUT2D eigenvalue weighted by atomic mass is 19.1. The number of likely N-dealkylation sites (N-methyl/N-ethyl adjacent to an activating group) is 1. The molecule has 2 saturated heterocycles. The molecule has 18 heteroatoms. The van der Waals surface area contributed by atoms with Gasteiger partial charge >= 0.3 is 6.09 Å². The molecule has 0 spiro atoms. The van der Waals surface area contributed by atoms with Crippen LogP contribution in [-0.4, -0.2) is 133 Å². The smallest absolute Gasteiger partial charge is 0.410 e. The number of ether oxygens (including phenoxy) is 1. The van der Waals surface area contributed by atoms with E-state index in [9.17, 15) is 47.8 Å². The molecule has 5 aromatic rings. The number of ketones is 2. The van der Waals surface area contributed by atoms with Crippen molar-refractivity contribution in [2.45, 2.75) is 110 Å². The minimum Gasteiger partial charge on any atom is -0.445 e. The summed E-state index contributed by atoms with van der Waals surface area (Å²) >= 11 is 0. The Hall–Kier alpha value is -6.50. The number of H-pyrrole nitrogens is 2. The van der Waals surface area contributed by atoms with Gasteiger partial charge in [0.1, 0.15) is 30.3 Å². The number of carbonyl (C=O) groups is 6. The zero-order valence-corrected chi connectivity index (χ0v) is 39.5. The molecule has 0 aliphatic carbocycles. The summed E-state index contributed by atoms with van der Waals surface area (Å²) in [7, 11) is 1.43. The molecule has 68 heavy (non-hydrogen) atoms. The number of nitrogens with two attached hydrogens (primary N) is 1. The second kappa shape index (κ2) is 20.4. The van der Waals surface area contributed by atoms with Crippen LogP contribution in [0, 0.1) is 22.5 Å². The highest BCUT2D eigenvalue weighted by Gasteiger charge is 2.46. The first-order valence-corrected chi connectivity index (χ1v) is 22.5. The van der Waals surface area contributed by atoms with Crippen LogP contribution in [0.1, 0.15) is 87.6 Å². The number of halogens is 2. The fourth-order valence-electron chi connectivity index (χ4n) is 8.36. The van der Waals surface area contributed by atoms with Gasteiger partial charge in [-0.3, -0.25) is 28.9 Å². The third-order valence-electron chi connectivity index (χ3n) is 12.6. The number of aromatic amines is 2. The predicted molar refractivity (Wildman–Crippen MR) is 250 cm³/mol. The van der Waals surface area contributed by atoms with Crippen LogP contribution in [0.15, 0.2) is 79.1 Å². The van der Waals surface area contributed by atoms with Crippen LogP contribution >= 0.6 is 0 Å². The topological polar surface area (TPSA) is 231 Å². The average Bonchev–Trinajstić information content (AvgIpc) is 4.10. The Kier molecular flexibility index (Phi) is 15.3. The monoisotopic (exact) mass is 941 g/mol. The van der Waals surface area contributed by atoms with E-state index in [1.807, 2.05) is 51.1 Å². The van der Waals surface area contributed by atoms with Gasteiger partial charge in [0.25, 0.3) is 0 Å². The molecule has 2 fully saturated rings. The first kappa shape index (κ1) is 50.9. The summed E-state index contributed by atoms with van der Waals surface area (Å²) in [5.74, 6) is -2.99. The van der Waals surface area contributed by atoms with Gasteiger partial charge in [-0.1, -0.05) is 71.9 Å². The number of hydrogen-bond donors (Lipinski definition) is 6. The first-order chi connectivity index (χ1) is 31.9. The summed E-state index contributed by atoms with van der Waals surface area (Å²) in [4.78, 5) is 89.0. The molecule has 0 radical (unpaired) electrons. The molecule has 7 N–H and O–H groups in total. The van der Waals surface area contributed by atoms with E-state index in [1.165, 1.54) is 72.6 Å². The van der Waals surface area contributed by atoms with Crippen molar-refractivity contribution in [3.8, 4) is 0 Å². The van der Waals surface area contributed by atoms with Crippen molar-refractivity contribution in [3.05, 3.63) is 107 Å². The zero-order chi connectivity index (χ0) is 50.0. The van der Waals surface area contributed by atoms with Gasteiger partial charge < -0.3 is 45.8 Å². The highest BCUT2D eigenvalue weighted by molar-refractivity contribution is 6.12. The summed E-state index contributed by atoms with van der Waals surface area (Å²) < 4.78 is 32.4. The standard InChI is InChI=1S/C31H37FN4O6.C19H24FN3O3/c1-18(35(5)30(41)42-17-19-9-7-6-8-10-19)28(39)34-27(31(2,3)4)29(40)36-16-21(37)14-25(36)26(38)23-15-33-24-13-20(32)11-12-22(23)24;1-19(2,3)17(21)18(26)23-9-11(24)7-15(23)16(25)13-8-22-14-6-10(20)4-5-12(13)14/h6-13,15,18,21,25,27,33,37H,14,16-17H2,1-5H3,(H,34,39);4-6,8,11,15,17,22,24H,7,9,21H2,1-3H3/t18-,21-,25-,27+;11-,15-,17+/m00/s1. The van der Waals surface area contributed by atoms with Crippen LogP contribution in [0.2, 0.25) is 0 Å². The highest BCUT2D eigenvalue weighted by Crippen LogP contribution is 2.32. The number of benzene rings is 3. The largest absolute Gasteiger partial charge is 0.445 e. The van der Waals surface area contributed by atoms with Crippen molar-refractivity contribution < 1.29 is 52.5 Å². The molecule has 364 valence electrons. The van der Waals surface area contributed by atoms with Crippen LogP contribution < -0.4 is 11.1 Å². The average molecular weight is 942 g/mol. The van der Waals surface area contributed by atoms with Crippen molar-refractivity contribution in [1.29, 1.82) is 0 Å². The Balaban J connectivity index is 0.000000250. The van der Waals surface area contributed by atoms with E-state index in [0.717, 1.165) is 10.5 Å². The summed E-state index contributed by atoms with van der Waals surface area (Å²) in [6.45, 7) is 12.4. The molecular formula is C50H61F2N7O9. The first-order valence-electron chi connectivity index (χ1n) is 22.5. The number of fused-ring (bicyclic) bond motifs is 2. The lowest BCUT2D eigenvalue weighted by Crippen LogP contribution is -2.59. The quantitative estimate of drug-likeness (QED) is 0.0916. The maximum Gasteiger partial charge on any atom is 0.410 e. The summed E-state index contributed by atoms with van der Waals surface area (Å²) in [6.07, 6.45) is 0.757. The fraction of sp³-hybridized carbons (Fsp3) is 0.440. The zero-order valence-electron chi connectivity index (χ0n) is 39.5. The lowest BCUT2D eigenvalue weighted by molar-refractivity contribution is -0.140. The van der Waals surface area contributed by atoms with Gasteiger partial charge in [0.05, 0.1) is 30.3 Å². The predicted octanol–water partition coefficient (Wildman–Crippen LogP) is 5.46. The van der Waals surface area contributed by atoms with Crippen molar-refractivity contribution in [2.24, 2.45) is 16.6 Å². The molecule has 2 aliphatic heterocycles. The second-order valence-corrected chi connectivity index (χ2v) is 19.8. The summed E-state index contributed by atoms with van der Waals surface area (Å²) in [5.41, 5.74) is 7.24. The number of hydrogen-bond acceptors (Lipinski definition) is 10. The summed E-state index contributed by atoms with van der Waals surface area (Å²) in [5, 5.41) is 24.4. The summed E-state index contributed by atoms with van der Waals surface area (Å²) in [6, 6.07) is 12.7. The lowest BCUT2D eigenvalue weighted by atomic mass is 9.85. The molecule has 4 heterocycles. The van der Waals surface area contributed by atoms with E-state index in [4.69, 9.17) is 10.5 Å². The molecule has 7 atom stereocenters. The number of Topliss-reactive ketones (excluding diaryl/α,β-unsaturated/α-hetero) is 2. The molecule has 2 aromatic heterocycles. The van der Waals surface area contributed by atoms with Gasteiger partial charge in [0, 0.05) is 78.3 Å². The Bertz CT molecular complexity index is 2670. The van der Waals surface area contributed by atoms with E-state index < -0.39 is 88.6 Å². The minimum absolute atomic E-state index is 0.0235. The van der Waals surface area contributed by atoms with Gasteiger partial charge in [-0.25, -0.2) is 13.6 Å². The number of β-amino-alcohol motifs (C(OH)–C–C–N with tert-alkyl or cyclic N) is 2. The van der Waals surface area contributed by atoms with Gasteiger partial charge in [-0.05, 0) is 59.7 Å². The third kappa shape index (κ3) is 11.3. The normalized spacial score (nSPS) is 19.8. The Labute approximate surface area is 393 Å². The maximum atomic E-state index is 13.9. The van der Waals surface area contributed by atoms with Gasteiger partial charge in [-0.15, -0.1) is 0 Å². The Morgan fingerprint density at radius 1 is 0.765 bits per heavy atom. The van der Waals surface area contributed by atoms with E-state index in [-0.39, 0.29) is 49.8 Å². The Morgan fingerprint density at radius 3 is 1.69 bits per heavy atom. The number of likely N-dealkylation sites (tertiary alicyclic amines) is 2. The van der Waals surface area contributed by atoms with E-state index in [2.05, 4.69) is 15.3 Å². The van der Waals surface area contributed by atoms with Crippen LogP contribution in [0.5, 0.6) is 0 Å². The Morgan fingerprint density at radius 2 is 1.24 bits per heavy atom. The molecule has 7 rings (SSSR count). The van der Waals surface area contributed by atoms with Gasteiger partial charge in [0.15, 0.2) is 11.6 Å². The number of rotatable bonds is 11. The number of carbonyl (C=O) groups excluding carboxylic acids is 6. The molecule has 0 bridgehead atoms. The van der Waals surface area contributed by atoms with E-state index >= 15 is 0 Å².